The summed E-state index contributed by atoms with van der Waals surface area (Å²) in [7, 11) is -3.54. The molecule has 1 aliphatic rings. The van der Waals surface area contributed by atoms with Gasteiger partial charge in [-0.25, -0.2) is 8.42 Å². The van der Waals surface area contributed by atoms with Crippen LogP contribution in [0.1, 0.15) is 18.4 Å². The maximum absolute atomic E-state index is 12.5. The van der Waals surface area contributed by atoms with Crippen molar-refractivity contribution < 1.29 is 13.5 Å². The van der Waals surface area contributed by atoms with Gasteiger partial charge in [0, 0.05) is 18.2 Å². The fourth-order valence-electron chi connectivity index (χ4n) is 2.31. The SMILES string of the molecule is NCC#Cc1ccc(S(=O)(=O)N2CCCC2CO)cc1. The molecule has 1 aromatic carbocycles. The molecule has 1 fully saturated rings. The summed E-state index contributed by atoms with van der Waals surface area (Å²) in [6, 6.07) is 6.11. The molecular formula is C14H18N2O3S. The summed E-state index contributed by atoms with van der Waals surface area (Å²) in [5, 5.41) is 9.25. The van der Waals surface area contributed by atoms with E-state index < -0.39 is 10.0 Å². The van der Waals surface area contributed by atoms with E-state index >= 15 is 0 Å². The molecule has 0 radical (unpaired) electrons. The smallest absolute Gasteiger partial charge is 0.243 e. The molecule has 2 rings (SSSR count). The number of hydrogen-bond acceptors (Lipinski definition) is 4. The molecular weight excluding hydrogens is 276 g/mol. The topological polar surface area (TPSA) is 83.6 Å². The molecule has 3 N–H and O–H groups in total. The van der Waals surface area contributed by atoms with Crippen LogP contribution in [0.3, 0.4) is 0 Å². The zero-order chi connectivity index (χ0) is 14.6. The number of benzene rings is 1. The zero-order valence-corrected chi connectivity index (χ0v) is 11.9. The summed E-state index contributed by atoms with van der Waals surface area (Å²) in [6.07, 6.45) is 1.49. The number of aliphatic hydroxyl groups excluding tert-OH is 1. The van der Waals surface area contributed by atoms with E-state index in [1.54, 1.807) is 24.3 Å². The first kappa shape index (κ1) is 15.0. The van der Waals surface area contributed by atoms with Crippen LogP contribution in [0.5, 0.6) is 0 Å². The van der Waals surface area contributed by atoms with Crippen molar-refractivity contribution >= 4 is 10.0 Å². The first-order chi connectivity index (χ1) is 9.59. The Bertz CT molecular complexity index is 614. The number of rotatable bonds is 3. The van der Waals surface area contributed by atoms with Crippen molar-refractivity contribution in [3.8, 4) is 11.8 Å². The van der Waals surface area contributed by atoms with E-state index in [2.05, 4.69) is 11.8 Å². The Morgan fingerprint density at radius 2 is 2.05 bits per heavy atom. The number of nitrogens with two attached hydrogens (primary N) is 1. The van der Waals surface area contributed by atoms with Crippen molar-refractivity contribution in [2.75, 3.05) is 19.7 Å². The summed E-state index contributed by atoms with van der Waals surface area (Å²) in [5.74, 6) is 5.57. The maximum atomic E-state index is 12.5. The monoisotopic (exact) mass is 294 g/mol. The quantitative estimate of drug-likeness (QED) is 0.777. The largest absolute Gasteiger partial charge is 0.395 e. The molecule has 1 aliphatic heterocycles. The molecule has 1 saturated heterocycles. The van der Waals surface area contributed by atoms with Crippen LogP contribution in [0, 0.1) is 11.8 Å². The maximum Gasteiger partial charge on any atom is 0.243 e. The molecule has 1 atom stereocenters. The average molecular weight is 294 g/mol. The first-order valence-corrected chi connectivity index (χ1v) is 7.95. The number of sulfonamides is 1. The average Bonchev–Trinajstić information content (AvgIpc) is 2.95. The Morgan fingerprint density at radius 1 is 1.35 bits per heavy atom. The van der Waals surface area contributed by atoms with Crippen LogP contribution in [0.25, 0.3) is 0 Å². The van der Waals surface area contributed by atoms with E-state index in [4.69, 9.17) is 5.73 Å². The number of hydrogen-bond donors (Lipinski definition) is 2. The van der Waals surface area contributed by atoms with Crippen molar-refractivity contribution in [1.82, 2.24) is 4.31 Å². The minimum atomic E-state index is -3.54. The predicted octanol–water partition coefficient (Wildman–Crippen LogP) is 0.142. The van der Waals surface area contributed by atoms with E-state index in [9.17, 15) is 13.5 Å². The van der Waals surface area contributed by atoms with E-state index in [-0.39, 0.29) is 24.1 Å². The fraction of sp³-hybridized carbons (Fsp3) is 0.429. The van der Waals surface area contributed by atoms with Crippen LogP contribution >= 0.6 is 0 Å². The minimum absolute atomic E-state index is 0.140. The highest BCUT2D eigenvalue weighted by Crippen LogP contribution is 2.25. The molecule has 0 aliphatic carbocycles. The van der Waals surface area contributed by atoms with E-state index in [1.807, 2.05) is 0 Å². The highest BCUT2D eigenvalue weighted by atomic mass is 32.2. The molecule has 108 valence electrons. The summed E-state index contributed by atoms with van der Waals surface area (Å²) >= 11 is 0. The van der Waals surface area contributed by atoms with Gasteiger partial charge in [-0.1, -0.05) is 11.8 Å². The lowest BCUT2D eigenvalue weighted by atomic mass is 10.2. The molecule has 0 spiro atoms. The summed E-state index contributed by atoms with van der Waals surface area (Å²) in [6.45, 7) is 0.591. The van der Waals surface area contributed by atoms with Gasteiger partial charge < -0.3 is 10.8 Å². The zero-order valence-electron chi connectivity index (χ0n) is 11.1. The van der Waals surface area contributed by atoms with Gasteiger partial charge >= 0.3 is 0 Å². The highest BCUT2D eigenvalue weighted by Gasteiger charge is 2.34. The normalized spacial score (nSPS) is 19.6. The standard InChI is InChI=1S/C14H18N2O3S/c15-9-1-3-12-5-7-14(8-6-12)20(18,19)16-10-2-4-13(16)11-17/h5-8,13,17H,2,4,9-11,15H2. The van der Waals surface area contributed by atoms with Crippen molar-refractivity contribution in [3.63, 3.8) is 0 Å². The Balaban J connectivity index is 2.26. The third-order valence-corrected chi connectivity index (χ3v) is 5.30. The van der Waals surface area contributed by atoms with Crippen LogP contribution in [-0.4, -0.2) is 43.6 Å². The van der Waals surface area contributed by atoms with Gasteiger partial charge in [0.2, 0.25) is 10.0 Å². The van der Waals surface area contributed by atoms with Crippen molar-refractivity contribution in [1.29, 1.82) is 0 Å². The second-order valence-electron chi connectivity index (χ2n) is 4.62. The van der Waals surface area contributed by atoms with Gasteiger partial charge in [0.25, 0.3) is 0 Å². The van der Waals surface area contributed by atoms with Gasteiger partial charge in [0.1, 0.15) is 0 Å². The Hall–Kier alpha value is -1.39. The van der Waals surface area contributed by atoms with Crippen molar-refractivity contribution in [2.45, 2.75) is 23.8 Å². The molecule has 0 amide bonds. The molecule has 0 saturated carbocycles. The third kappa shape index (κ3) is 3.02. The molecule has 20 heavy (non-hydrogen) atoms. The summed E-state index contributed by atoms with van der Waals surface area (Å²) < 4.78 is 26.4. The van der Waals surface area contributed by atoms with Crippen LogP contribution in [0.4, 0.5) is 0 Å². The van der Waals surface area contributed by atoms with Gasteiger partial charge in [0.15, 0.2) is 0 Å². The molecule has 6 heteroatoms. The van der Waals surface area contributed by atoms with Crippen molar-refractivity contribution in [2.24, 2.45) is 5.73 Å². The van der Waals surface area contributed by atoms with Gasteiger partial charge in [0.05, 0.1) is 18.0 Å². The third-order valence-electron chi connectivity index (χ3n) is 3.33. The molecule has 0 aromatic heterocycles. The molecule has 0 bridgehead atoms. The van der Waals surface area contributed by atoms with Gasteiger partial charge in [-0.2, -0.15) is 4.31 Å². The summed E-state index contributed by atoms with van der Waals surface area (Å²) in [5.41, 5.74) is 6.02. The van der Waals surface area contributed by atoms with E-state index in [1.165, 1.54) is 4.31 Å². The van der Waals surface area contributed by atoms with Crippen LogP contribution in [-0.2, 0) is 10.0 Å². The number of nitrogens with zero attached hydrogens (tertiary/aromatic N) is 1. The Morgan fingerprint density at radius 3 is 2.65 bits per heavy atom. The lowest BCUT2D eigenvalue weighted by molar-refractivity contribution is 0.213. The van der Waals surface area contributed by atoms with Crippen molar-refractivity contribution in [3.05, 3.63) is 29.8 Å². The molecule has 1 aromatic rings. The molecule has 5 nitrogen and oxygen atoms in total. The first-order valence-electron chi connectivity index (χ1n) is 6.51. The van der Waals surface area contributed by atoms with Crippen LogP contribution in [0.2, 0.25) is 0 Å². The van der Waals surface area contributed by atoms with Crippen LogP contribution < -0.4 is 5.73 Å². The predicted molar refractivity (Wildman–Crippen MR) is 76.4 cm³/mol. The summed E-state index contributed by atoms with van der Waals surface area (Å²) in [4.78, 5) is 0.233. The van der Waals surface area contributed by atoms with Crippen LogP contribution in [0.15, 0.2) is 29.2 Å². The lowest BCUT2D eigenvalue weighted by Gasteiger charge is -2.22. The van der Waals surface area contributed by atoms with E-state index in [0.29, 0.717) is 13.0 Å². The highest BCUT2D eigenvalue weighted by molar-refractivity contribution is 7.89. The molecule has 1 heterocycles. The minimum Gasteiger partial charge on any atom is -0.395 e. The Kier molecular flexibility index (Phi) is 4.78. The van der Waals surface area contributed by atoms with Gasteiger partial charge in [-0.3, -0.25) is 0 Å². The van der Waals surface area contributed by atoms with Gasteiger partial charge in [-0.15, -0.1) is 0 Å². The fourth-order valence-corrected chi connectivity index (χ4v) is 3.99. The van der Waals surface area contributed by atoms with E-state index in [0.717, 1.165) is 12.0 Å². The number of aliphatic hydroxyl groups is 1. The lowest BCUT2D eigenvalue weighted by Crippen LogP contribution is -2.37. The van der Waals surface area contributed by atoms with Gasteiger partial charge in [-0.05, 0) is 37.1 Å². The second-order valence-corrected chi connectivity index (χ2v) is 6.52. The Labute approximate surface area is 119 Å². The molecule has 1 unspecified atom stereocenters. The second kappa shape index (κ2) is 6.37.